The third-order valence-corrected chi connectivity index (χ3v) is 2.90. The van der Waals surface area contributed by atoms with Crippen molar-refractivity contribution in [2.75, 3.05) is 7.11 Å². The van der Waals surface area contributed by atoms with Gasteiger partial charge in [-0.2, -0.15) is 0 Å². The number of carbonyl (C=O) groups excluding carboxylic acids is 1. The molecule has 0 aliphatic heterocycles. The maximum Gasteiger partial charge on any atom is 0.309 e. The summed E-state index contributed by atoms with van der Waals surface area (Å²) < 4.78 is 29.8. The minimum Gasteiger partial charge on any atom is -0.469 e. The second-order valence-electron chi connectivity index (χ2n) is 3.18. The molecule has 1 rings (SSSR count). The Kier molecular flexibility index (Phi) is 4.35. The van der Waals surface area contributed by atoms with Gasteiger partial charge in [0.1, 0.15) is 10.3 Å². The van der Waals surface area contributed by atoms with Gasteiger partial charge in [0, 0.05) is 0 Å². The van der Waals surface area contributed by atoms with E-state index in [0.29, 0.717) is 15.7 Å². The van der Waals surface area contributed by atoms with E-state index in [9.17, 15) is 13.6 Å². The molecule has 0 aliphatic rings. The van der Waals surface area contributed by atoms with Crippen molar-refractivity contribution in [2.45, 2.75) is 19.8 Å². The number of alkyl halides is 2. The molecular formula is C10H10BrF2NO2. The van der Waals surface area contributed by atoms with Gasteiger partial charge in [-0.3, -0.25) is 4.79 Å². The lowest BCUT2D eigenvalue weighted by atomic mass is 10.1. The summed E-state index contributed by atoms with van der Waals surface area (Å²) in [7, 11) is 1.25. The van der Waals surface area contributed by atoms with Crippen LogP contribution in [0.3, 0.4) is 0 Å². The molecule has 3 nitrogen and oxygen atoms in total. The molecule has 1 aromatic heterocycles. The van der Waals surface area contributed by atoms with E-state index in [0.717, 1.165) is 0 Å². The molecular weight excluding hydrogens is 284 g/mol. The van der Waals surface area contributed by atoms with E-state index >= 15 is 0 Å². The highest BCUT2D eigenvalue weighted by molar-refractivity contribution is 9.10. The zero-order valence-electron chi connectivity index (χ0n) is 8.76. The van der Waals surface area contributed by atoms with E-state index in [-0.39, 0.29) is 12.1 Å². The molecule has 1 heterocycles. The van der Waals surface area contributed by atoms with Crippen LogP contribution in [0.25, 0.3) is 0 Å². The second kappa shape index (κ2) is 5.34. The number of hydrogen-bond acceptors (Lipinski definition) is 3. The van der Waals surface area contributed by atoms with Gasteiger partial charge in [-0.1, -0.05) is 0 Å². The normalized spacial score (nSPS) is 10.6. The van der Waals surface area contributed by atoms with Crippen molar-refractivity contribution in [1.82, 2.24) is 4.98 Å². The number of hydrogen-bond donors (Lipinski definition) is 0. The molecule has 0 fully saturated rings. The quantitative estimate of drug-likeness (QED) is 0.635. The number of methoxy groups -OCH3 is 1. The SMILES string of the molecule is COC(=O)Cc1cc(C(F)F)nc(Br)c1C. The first kappa shape index (κ1) is 13.0. The Balaban J connectivity index is 3.11. The second-order valence-corrected chi connectivity index (χ2v) is 3.93. The average molecular weight is 294 g/mol. The van der Waals surface area contributed by atoms with Crippen LogP contribution in [0.2, 0.25) is 0 Å². The van der Waals surface area contributed by atoms with Crippen LogP contribution in [0, 0.1) is 6.92 Å². The minimum absolute atomic E-state index is 0.0385. The van der Waals surface area contributed by atoms with E-state index in [1.807, 2.05) is 0 Å². The summed E-state index contributed by atoms with van der Waals surface area (Å²) in [5.74, 6) is -0.471. The average Bonchev–Trinajstić information content (AvgIpc) is 2.23. The standard InChI is InChI=1S/C10H10BrF2NO2/c1-5-6(4-8(15)16-2)3-7(10(12)13)14-9(5)11/h3,10H,4H2,1-2H3. The maximum absolute atomic E-state index is 12.5. The Bertz CT molecular complexity index is 410. The molecule has 0 saturated heterocycles. The fraction of sp³-hybridized carbons (Fsp3) is 0.400. The Morgan fingerprint density at radius 2 is 2.25 bits per heavy atom. The maximum atomic E-state index is 12.5. The Morgan fingerprint density at radius 3 is 2.75 bits per heavy atom. The molecule has 1 aromatic rings. The number of ether oxygens (including phenoxy) is 1. The number of rotatable bonds is 3. The molecule has 6 heteroatoms. The summed E-state index contributed by atoms with van der Waals surface area (Å²) in [5.41, 5.74) is 0.801. The molecule has 88 valence electrons. The van der Waals surface area contributed by atoms with Crippen molar-refractivity contribution >= 4 is 21.9 Å². The topological polar surface area (TPSA) is 39.2 Å². The van der Waals surface area contributed by atoms with Gasteiger partial charge in [0.15, 0.2) is 0 Å². The van der Waals surface area contributed by atoms with Crippen molar-refractivity contribution in [2.24, 2.45) is 0 Å². The molecule has 0 aromatic carbocycles. The van der Waals surface area contributed by atoms with Gasteiger partial charge in [0.25, 0.3) is 6.43 Å². The van der Waals surface area contributed by atoms with Crippen LogP contribution >= 0.6 is 15.9 Å². The molecule has 0 aliphatic carbocycles. The van der Waals surface area contributed by atoms with E-state index in [4.69, 9.17) is 0 Å². The Hall–Kier alpha value is -1.04. The highest BCUT2D eigenvalue weighted by atomic mass is 79.9. The van der Waals surface area contributed by atoms with Gasteiger partial charge in [0.05, 0.1) is 13.5 Å². The Morgan fingerprint density at radius 1 is 1.62 bits per heavy atom. The predicted molar refractivity (Wildman–Crippen MR) is 57.4 cm³/mol. The number of pyridine rings is 1. The van der Waals surface area contributed by atoms with Crippen molar-refractivity contribution < 1.29 is 18.3 Å². The largest absolute Gasteiger partial charge is 0.469 e. The smallest absolute Gasteiger partial charge is 0.309 e. The van der Waals surface area contributed by atoms with Gasteiger partial charge in [-0.15, -0.1) is 0 Å². The first-order valence-electron chi connectivity index (χ1n) is 4.46. The van der Waals surface area contributed by atoms with Gasteiger partial charge >= 0.3 is 5.97 Å². The van der Waals surface area contributed by atoms with Crippen LogP contribution in [0.15, 0.2) is 10.7 Å². The minimum atomic E-state index is -2.66. The molecule has 0 spiro atoms. The first-order valence-corrected chi connectivity index (χ1v) is 5.26. The number of carbonyl (C=O) groups is 1. The van der Waals surface area contributed by atoms with Gasteiger partial charge in [-0.05, 0) is 40.0 Å². The van der Waals surface area contributed by atoms with Crippen LogP contribution in [0.4, 0.5) is 8.78 Å². The van der Waals surface area contributed by atoms with Crippen molar-refractivity contribution in [1.29, 1.82) is 0 Å². The molecule has 0 atom stereocenters. The number of esters is 1. The van der Waals surface area contributed by atoms with E-state index < -0.39 is 12.4 Å². The van der Waals surface area contributed by atoms with Gasteiger partial charge < -0.3 is 4.74 Å². The van der Waals surface area contributed by atoms with E-state index in [1.165, 1.54) is 13.2 Å². The molecule has 0 bridgehead atoms. The van der Waals surface area contributed by atoms with Gasteiger partial charge in [-0.25, -0.2) is 13.8 Å². The molecule has 16 heavy (non-hydrogen) atoms. The zero-order valence-corrected chi connectivity index (χ0v) is 10.3. The van der Waals surface area contributed by atoms with Crippen molar-refractivity contribution in [3.8, 4) is 0 Å². The van der Waals surface area contributed by atoms with Crippen molar-refractivity contribution in [3.63, 3.8) is 0 Å². The van der Waals surface area contributed by atoms with Crippen LogP contribution in [0.1, 0.15) is 23.2 Å². The summed E-state index contributed by atoms with van der Waals surface area (Å²) in [6.45, 7) is 1.70. The molecule has 0 N–H and O–H groups in total. The molecule has 0 saturated carbocycles. The number of halogens is 3. The summed E-state index contributed by atoms with van der Waals surface area (Å²) in [6, 6.07) is 1.22. The summed E-state index contributed by atoms with van der Waals surface area (Å²) in [6.07, 6.45) is -2.70. The summed E-state index contributed by atoms with van der Waals surface area (Å²) in [4.78, 5) is 14.8. The van der Waals surface area contributed by atoms with E-state index in [2.05, 4.69) is 25.7 Å². The lowest BCUT2D eigenvalue weighted by Gasteiger charge is -2.09. The number of aromatic nitrogens is 1. The Labute approximate surface area is 99.9 Å². The fourth-order valence-corrected chi connectivity index (χ4v) is 1.63. The highest BCUT2D eigenvalue weighted by Gasteiger charge is 2.16. The fourth-order valence-electron chi connectivity index (χ4n) is 1.17. The number of nitrogens with zero attached hydrogens (tertiary/aromatic N) is 1. The monoisotopic (exact) mass is 293 g/mol. The lowest BCUT2D eigenvalue weighted by molar-refractivity contribution is -0.139. The summed E-state index contributed by atoms with van der Waals surface area (Å²) in [5, 5.41) is 0. The zero-order chi connectivity index (χ0) is 12.3. The van der Waals surface area contributed by atoms with Crippen LogP contribution in [-0.4, -0.2) is 18.1 Å². The molecule has 0 radical (unpaired) electrons. The van der Waals surface area contributed by atoms with Gasteiger partial charge in [0.2, 0.25) is 0 Å². The third-order valence-electron chi connectivity index (χ3n) is 2.13. The highest BCUT2D eigenvalue weighted by Crippen LogP contribution is 2.25. The first-order chi connectivity index (χ1) is 7.45. The van der Waals surface area contributed by atoms with Crippen LogP contribution in [0.5, 0.6) is 0 Å². The van der Waals surface area contributed by atoms with Crippen LogP contribution < -0.4 is 0 Å². The lowest BCUT2D eigenvalue weighted by Crippen LogP contribution is -2.08. The predicted octanol–water partition coefficient (Wildman–Crippen LogP) is 2.81. The summed E-state index contributed by atoms with van der Waals surface area (Å²) >= 11 is 3.08. The van der Waals surface area contributed by atoms with E-state index in [1.54, 1.807) is 6.92 Å². The molecule has 0 unspecified atom stereocenters. The van der Waals surface area contributed by atoms with Crippen LogP contribution in [-0.2, 0) is 16.0 Å². The third kappa shape index (κ3) is 2.98. The molecule has 0 amide bonds. The van der Waals surface area contributed by atoms with Crippen molar-refractivity contribution in [3.05, 3.63) is 27.5 Å².